The van der Waals surface area contributed by atoms with Crippen LogP contribution in [-0.4, -0.2) is 12.1 Å². The summed E-state index contributed by atoms with van der Waals surface area (Å²) in [5.74, 6) is -0.00117. The summed E-state index contributed by atoms with van der Waals surface area (Å²) < 4.78 is 0. The van der Waals surface area contributed by atoms with Gasteiger partial charge in [0.1, 0.15) is 0 Å². The quantitative estimate of drug-likeness (QED) is 0.146. The van der Waals surface area contributed by atoms with Crippen LogP contribution in [0.4, 0.5) is 0 Å². The summed E-state index contributed by atoms with van der Waals surface area (Å²) in [6.07, 6.45) is 13.6. The summed E-state index contributed by atoms with van der Waals surface area (Å²) in [6, 6.07) is 18.8. The van der Waals surface area contributed by atoms with Crippen LogP contribution in [0, 0.1) is 0 Å². The maximum Gasteiger partial charge on any atom is 0.240 e. The number of amides is 1. The number of rotatable bonds is 12. The van der Waals surface area contributed by atoms with E-state index >= 15 is 0 Å². The molecule has 0 bridgehead atoms. The minimum atomic E-state index is -0.00117. The molecule has 0 radical (unpaired) electrons. The second-order valence-corrected chi connectivity index (χ2v) is 8.10. The Kier molecular flexibility index (Phi) is 8.89. The van der Waals surface area contributed by atoms with Crippen LogP contribution in [0.2, 0.25) is 0 Å². The highest BCUT2D eigenvalue weighted by molar-refractivity contribution is 6.13. The van der Waals surface area contributed by atoms with Crippen molar-refractivity contribution in [2.75, 3.05) is 0 Å². The van der Waals surface area contributed by atoms with Crippen molar-refractivity contribution in [1.29, 1.82) is 0 Å². The van der Waals surface area contributed by atoms with Gasteiger partial charge in [-0.25, -0.2) is 5.43 Å². The van der Waals surface area contributed by atoms with Crippen molar-refractivity contribution in [3.63, 3.8) is 0 Å². The molecule has 0 saturated carbocycles. The molecule has 3 rings (SSSR count). The van der Waals surface area contributed by atoms with Crippen LogP contribution < -0.4 is 5.43 Å². The van der Waals surface area contributed by atoms with Gasteiger partial charge in [0.25, 0.3) is 0 Å². The number of benzene rings is 3. The van der Waals surface area contributed by atoms with Crippen molar-refractivity contribution in [1.82, 2.24) is 5.43 Å². The predicted octanol–water partition coefficient (Wildman–Crippen LogP) is 7.36. The number of unbranched alkanes of at least 4 members (excludes halogenated alkanes) is 8. The highest BCUT2D eigenvalue weighted by Gasteiger charge is 2.06. The van der Waals surface area contributed by atoms with E-state index in [1.54, 1.807) is 6.21 Å². The van der Waals surface area contributed by atoms with E-state index in [1.165, 1.54) is 55.7 Å². The van der Waals surface area contributed by atoms with Crippen molar-refractivity contribution in [2.45, 2.75) is 71.1 Å². The minimum Gasteiger partial charge on any atom is -0.273 e. The summed E-state index contributed by atoms with van der Waals surface area (Å²) in [5, 5.41) is 8.93. The smallest absolute Gasteiger partial charge is 0.240 e. The van der Waals surface area contributed by atoms with Crippen molar-refractivity contribution in [3.05, 3.63) is 60.2 Å². The molecule has 1 amide bonds. The molecule has 3 aromatic carbocycles. The molecule has 3 heteroatoms. The number of hydrogen-bond donors (Lipinski definition) is 1. The molecule has 0 spiro atoms. The molecule has 30 heavy (non-hydrogen) atoms. The van der Waals surface area contributed by atoms with E-state index in [2.05, 4.69) is 47.8 Å². The largest absolute Gasteiger partial charge is 0.273 e. The van der Waals surface area contributed by atoms with Gasteiger partial charge in [-0.3, -0.25) is 4.79 Å². The van der Waals surface area contributed by atoms with Crippen molar-refractivity contribution >= 4 is 33.7 Å². The van der Waals surface area contributed by atoms with E-state index in [1.807, 2.05) is 24.3 Å². The number of nitrogens with zero attached hydrogens (tertiary/aromatic N) is 1. The van der Waals surface area contributed by atoms with Crippen LogP contribution >= 0.6 is 0 Å². The molecule has 158 valence electrons. The fourth-order valence-corrected chi connectivity index (χ4v) is 4.01. The fourth-order valence-electron chi connectivity index (χ4n) is 4.01. The molecule has 0 unspecified atom stereocenters. The number of carbonyl (C=O) groups excluding carboxylic acids is 1. The first kappa shape index (κ1) is 22.0. The van der Waals surface area contributed by atoms with Crippen LogP contribution in [0.25, 0.3) is 21.5 Å². The third-order valence-corrected chi connectivity index (χ3v) is 5.70. The number of nitrogens with one attached hydrogen (secondary N) is 1. The Balaban J connectivity index is 1.48. The molecule has 0 saturated heterocycles. The topological polar surface area (TPSA) is 41.5 Å². The molecule has 0 atom stereocenters. The molecule has 0 heterocycles. The lowest BCUT2D eigenvalue weighted by Crippen LogP contribution is -2.16. The molecule has 0 aliphatic rings. The summed E-state index contributed by atoms with van der Waals surface area (Å²) in [6.45, 7) is 2.25. The first-order chi connectivity index (χ1) is 14.8. The lowest BCUT2D eigenvalue weighted by molar-refractivity contribution is -0.121. The van der Waals surface area contributed by atoms with E-state index in [9.17, 15) is 4.79 Å². The Hall–Kier alpha value is -2.68. The molecule has 0 aliphatic carbocycles. The zero-order chi connectivity index (χ0) is 21.0. The van der Waals surface area contributed by atoms with Crippen LogP contribution in [-0.2, 0) is 4.79 Å². The summed E-state index contributed by atoms with van der Waals surface area (Å²) in [4.78, 5) is 12.1. The molecule has 3 aromatic rings. The van der Waals surface area contributed by atoms with Gasteiger partial charge in [-0.1, -0.05) is 107 Å². The Morgan fingerprint density at radius 3 is 1.93 bits per heavy atom. The summed E-state index contributed by atoms with van der Waals surface area (Å²) >= 11 is 0. The molecule has 0 aliphatic heterocycles. The van der Waals surface area contributed by atoms with E-state index in [0.717, 1.165) is 29.2 Å². The molecule has 0 fully saturated rings. The minimum absolute atomic E-state index is 0.00117. The van der Waals surface area contributed by atoms with Crippen molar-refractivity contribution < 1.29 is 4.79 Å². The van der Waals surface area contributed by atoms with Gasteiger partial charge >= 0.3 is 0 Å². The molecule has 3 nitrogen and oxygen atoms in total. The second-order valence-electron chi connectivity index (χ2n) is 8.10. The van der Waals surface area contributed by atoms with Gasteiger partial charge in [0.05, 0.1) is 6.21 Å². The van der Waals surface area contributed by atoms with Crippen LogP contribution in [0.1, 0.15) is 76.7 Å². The zero-order valence-corrected chi connectivity index (χ0v) is 18.2. The third-order valence-electron chi connectivity index (χ3n) is 5.70. The highest BCUT2D eigenvalue weighted by atomic mass is 16.2. The van der Waals surface area contributed by atoms with Crippen LogP contribution in [0.3, 0.4) is 0 Å². The van der Waals surface area contributed by atoms with Gasteiger partial charge < -0.3 is 0 Å². The van der Waals surface area contributed by atoms with Crippen molar-refractivity contribution in [3.8, 4) is 0 Å². The molecular formula is C27H34N2O. The standard InChI is InChI=1S/C27H34N2O/c1-2-3-4-5-6-7-8-9-10-19-27(30)29-28-21-26-24-17-13-11-15-22(24)20-23-16-12-14-18-25(23)26/h11-18,20-21H,2-10,19H2,1H3,(H,29,30)/b28-21+. The molecule has 1 N–H and O–H groups in total. The highest BCUT2D eigenvalue weighted by Crippen LogP contribution is 2.27. The fraction of sp³-hybridized carbons (Fsp3) is 0.407. The van der Waals surface area contributed by atoms with Gasteiger partial charge in [-0.15, -0.1) is 0 Å². The number of carbonyl (C=O) groups is 1. The van der Waals surface area contributed by atoms with E-state index in [-0.39, 0.29) is 5.91 Å². The third kappa shape index (κ3) is 6.41. The molecule has 0 aromatic heterocycles. The Morgan fingerprint density at radius 1 is 0.800 bits per heavy atom. The second kappa shape index (κ2) is 12.1. The maximum absolute atomic E-state index is 12.1. The lowest BCUT2D eigenvalue weighted by Gasteiger charge is -2.08. The van der Waals surface area contributed by atoms with Crippen molar-refractivity contribution in [2.24, 2.45) is 5.10 Å². The summed E-state index contributed by atoms with van der Waals surface area (Å²) in [7, 11) is 0. The molecular weight excluding hydrogens is 368 g/mol. The Bertz CT molecular complexity index is 923. The first-order valence-electron chi connectivity index (χ1n) is 11.5. The Labute approximate surface area is 180 Å². The normalized spacial score (nSPS) is 11.5. The SMILES string of the molecule is CCCCCCCCCCCC(=O)N/N=C/c1c2ccccc2cc2ccccc12. The number of hydrogen-bond acceptors (Lipinski definition) is 2. The summed E-state index contributed by atoms with van der Waals surface area (Å²) in [5.41, 5.74) is 3.76. The monoisotopic (exact) mass is 402 g/mol. The van der Waals surface area contributed by atoms with Gasteiger partial charge in [0.15, 0.2) is 0 Å². The maximum atomic E-state index is 12.1. The van der Waals surface area contributed by atoms with Gasteiger partial charge in [-0.05, 0) is 34.0 Å². The van der Waals surface area contributed by atoms with Gasteiger partial charge in [0.2, 0.25) is 5.91 Å². The van der Waals surface area contributed by atoms with Crippen LogP contribution in [0.15, 0.2) is 59.7 Å². The Morgan fingerprint density at radius 2 is 1.33 bits per heavy atom. The average molecular weight is 403 g/mol. The predicted molar refractivity (Wildman–Crippen MR) is 129 cm³/mol. The van der Waals surface area contributed by atoms with E-state index < -0.39 is 0 Å². The van der Waals surface area contributed by atoms with E-state index in [4.69, 9.17) is 0 Å². The van der Waals surface area contributed by atoms with Gasteiger partial charge in [0, 0.05) is 12.0 Å². The number of fused-ring (bicyclic) bond motifs is 2. The van der Waals surface area contributed by atoms with Gasteiger partial charge in [-0.2, -0.15) is 5.10 Å². The number of hydrazone groups is 1. The average Bonchev–Trinajstić information content (AvgIpc) is 2.77. The lowest BCUT2D eigenvalue weighted by atomic mass is 9.97. The van der Waals surface area contributed by atoms with E-state index in [0.29, 0.717) is 6.42 Å². The zero-order valence-electron chi connectivity index (χ0n) is 18.2. The first-order valence-corrected chi connectivity index (χ1v) is 11.5. The van der Waals surface area contributed by atoms with Crippen LogP contribution in [0.5, 0.6) is 0 Å².